The van der Waals surface area contributed by atoms with Crippen LogP contribution < -0.4 is 4.74 Å². The van der Waals surface area contributed by atoms with Crippen molar-refractivity contribution < 1.29 is 32.2 Å². The lowest BCUT2D eigenvalue weighted by molar-refractivity contribution is -0.141. The molecule has 0 unspecified atom stereocenters. The number of fused-ring (bicyclic) bond motifs is 1. The number of alkyl halides is 3. The number of ketones is 1. The molecule has 0 bridgehead atoms. The molecule has 7 nitrogen and oxygen atoms in total. The van der Waals surface area contributed by atoms with E-state index in [0.29, 0.717) is 55.9 Å². The van der Waals surface area contributed by atoms with E-state index in [1.54, 1.807) is 12.3 Å². The fourth-order valence-corrected chi connectivity index (χ4v) is 4.33. The van der Waals surface area contributed by atoms with Crippen LogP contribution in [0.1, 0.15) is 53.1 Å². The lowest BCUT2D eigenvalue weighted by atomic mass is 9.90. The largest absolute Gasteiger partial charge is 0.492 e. The van der Waals surface area contributed by atoms with Crippen LogP contribution >= 0.6 is 0 Å². The second-order valence-electron chi connectivity index (χ2n) is 9.58. The summed E-state index contributed by atoms with van der Waals surface area (Å²) in [6, 6.07) is 5.12. The number of ether oxygens (including phenoxy) is 3. The highest BCUT2D eigenvalue weighted by Gasteiger charge is 2.35. The number of rotatable bonds is 7. The van der Waals surface area contributed by atoms with Crippen LogP contribution in [0.2, 0.25) is 0 Å². The van der Waals surface area contributed by atoms with E-state index < -0.39 is 17.7 Å². The molecule has 10 heteroatoms. The molecule has 35 heavy (non-hydrogen) atoms. The molecule has 0 aliphatic carbocycles. The highest BCUT2D eigenvalue weighted by atomic mass is 19.4. The van der Waals surface area contributed by atoms with E-state index in [9.17, 15) is 18.0 Å². The van der Waals surface area contributed by atoms with Gasteiger partial charge in [0.1, 0.15) is 22.8 Å². The number of hydrogen-bond acceptors (Lipinski definition) is 6. The van der Waals surface area contributed by atoms with Gasteiger partial charge in [-0.1, -0.05) is 13.0 Å². The summed E-state index contributed by atoms with van der Waals surface area (Å²) < 4.78 is 57.9. The molecule has 0 atom stereocenters. The maximum absolute atomic E-state index is 13.1. The van der Waals surface area contributed by atoms with E-state index in [4.69, 9.17) is 19.2 Å². The van der Waals surface area contributed by atoms with E-state index >= 15 is 0 Å². The van der Waals surface area contributed by atoms with Gasteiger partial charge in [-0.25, -0.2) is 9.97 Å². The Bertz CT molecular complexity index is 1230. The molecule has 0 radical (unpaired) electrons. The summed E-state index contributed by atoms with van der Waals surface area (Å²) >= 11 is 0. The Morgan fingerprint density at radius 3 is 2.63 bits per heavy atom. The number of Topliss-reactive ketones (excluding diaryl/α,β-unsaturated/α-hetero) is 1. The molecule has 2 saturated heterocycles. The van der Waals surface area contributed by atoms with Crippen molar-refractivity contribution in [1.82, 2.24) is 14.4 Å². The third-order valence-corrected chi connectivity index (χ3v) is 6.44. The molecule has 2 aliphatic rings. The highest BCUT2D eigenvalue weighted by molar-refractivity contribution is 5.96. The van der Waals surface area contributed by atoms with Gasteiger partial charge in [0.25, 0.3) is 0 Å². The minimum atomic E-state index is -4.62. The van der Waals surface area contributed by atoms with Crippen molar-refractivity contribution in [2.24, 2.45) is 5.41 Å². The Kier molecular flexibility index (Phi) is 6.27. The molecular formula is C25H26F3N3O4. The second-order valence-corrected chi connectivity index (χ2v) is 9.58. The highest BCUT2D eigenvalue weighted by Crippen LogP contribution is 2.32. The molecule has 0 amide bonds. The maximum atomic E-state index is 13.1. The first-order valence-electron chi connectivity index (χ1n) is 11.6. The van der Waals surface area contributed by atoms with Crippen molar-refractivity contribution in [2.45, 2.75) is 38.3 Å². The summed E-state index contributed by atoms with van der Waals surface area (Å²) in [6.07, 6.45) is 0.702. The van der Waals surface area contributed by atoms with Crippen LogP contribution in [-0.2, 0) is 22.1 Å². The van der Waals surface area contributed by atoms with Gasteiger partial charge in [-0.15, -0.1) is 0 Å². The Hall–Kier alpha value is -2.98. The van der Waals surface area contributed by atoms with Crippen LogP contribution in [0.3, 0.4) is 0 Å². The molecule has 186 valence electrons. The molecule has 2 aliphatic heterocycles. The van der Waals surface area contributed by atoms with E-state index in [2.05, 4.69) is 4.98 Å². The van der Waals surface area contributed by atoms with Gasteiger partial charge in [0.05, 0.1) is 25.5 Å². The van der Waals surface area contributed by atoms with Gasteiger partial charge in [0, 0.05) is 55.0 Å². The summed E-state index contributed by atoms with van der Waals surface area (Å²) in [5, 5.41) is 0. The normalized spacial score (nSPS) is 18.4. The first kappa shape index (κ1) is 23.7. The lowest BCUT2D eigenvalue weighted by Gasteiger charge is -2.37. The second kappa shape index (κ2) is 9.23. The number of carbonyl (C=O) groups excluding carboxylic acids is 1. The molecule has 0 spiro atoms. The molecule has 0 aromatic carbocycles. The zero-order valence-corrected chi connectivity index (χ0v) is 19.3. The molecule has 2 fully saturated rings. The molecule has 5 rings (SSSR count). The predicted octanol–water partition coefficient (Wildman–Crippen LogP) is 4.48. The zero-order valence-electron chi connectivity index (χ0n) is 19.3. The molecule has 3 aromatic rings. The fraction of sp³-hybridized carbons (Fsp3) is 0.480. The Morgan fingerprint density at radius 2 is 1.94 bits per heavy atom. The third-order valence-electron chi connectivity index (χ3n) is 6.44. The number of hydrogen-bond donors (Lipinski definition) is 0. The SMILES string of the molecule is CC1(COc2cc3nc(C4CCOCC4)cn3cc2CC(=O)c2cccc(C(F)(F)F)n2)COC1. The van der Waals surface area contributed by atoms with Crippen LogP contribution in [0.25, 0.3) is 5.65 Å². The van der Waals surface area contributed by atoms with Crippen molar-refractivity contribution in [3.05, 3.63) is 59.3 Å². The van der Waals surface area contributed by atoms with Crippen LogP contribution in [-0.4, -0.2) is 53.2 Å². The van der Waals surface area contributed by atoms with Crippen molar-refractivity contribution in [2.75, 3.05) is 33.0 Å². The summed E-state index contributed by atoms with van der Waals surface area (Å²) in [7, 11) is 0. The van der Waals surface area contributed by atoms with Crippen LogP contribution in [0.4, 0.5) is 13.2 Å². The standard InChI is InChI=1S/C25H26F3N3O4/c1-24(13-34-14-24)15-35-21-10-23-30-19(16-5-7-33-8-6-16)12-31(23)11-17(21)9-20(32)18-3-2-4-22(29-18)25(26,27)28/h2-4,10-12,16H,5-9,13-15H2,1H3. The van der Waals surface area contributed by atoms with Crippen LogP contribution in [0.5, 0.6) is 5.75 Å². The van der Waals surface area contributed by atoms with E-state index in [1.807, 2.05) is 17.5 Å². The number of aromatic nitrogens is 3. The lowest BCUT2D eigenvalue weighted by Crippen LogP contribution is -2.44. The fourth-order valence-electron chi connectivity index (χ4n) is 4.33. The van der Waals surface area contributed by atoms with Gasteiger partial charge in [-0.3, -0.25) is 4.79 Å². The molecule has 0 saturated carbocycles. The number of nitrogens with zero attached hydrogens (tertiary/aromatic N) is 3. The Morgan fingerprint density at radius 1 is 1.17 bits per heavy atom. The van der Waals surface area contributed by atoms with E-state index in [0.717, 1.165) is 24.6 Å². The van der Waals surface area contributed by atoms with Gasteiger partial charge >= 0.3 is 6.18 Å². The van der Waals surface area contributed by atoms with E-state index in [1.165, 1.54) is 12.1 Å². The first-order valence-corrected chi connectivity index (χ1v) is 11.6. The minimum Gasteiger partial charge on any atom is -0.492 e. The third kappa shape index (κ3) is 5.18. The summed E-state index contributed by atoms with van der Waals surface area (Å²) in [6.45, 7) is 4.98. The van der Waals surface area contributed by atoms with Crippen molar-refractivity contribution in [3.63, 3.8) is 0 Å². The van der Waals surface area contributed by atoms with Crippen molar-refractivity contribution in [3.8, 4) is 5.75 Å². The van der Waals surface area contributed by atoms with Gasteiger partial charge in [0.15, 0.2) is 5.78 Å². The summed E-state index contributed by atoms with van der Waals surface area (Å²) in [4.78, 5) is 21.3. The Balaban J connectivity index is 1.45. The number of imidazole rings is 1. The molecule has 5 heterocycles. The number of carbonyl (C=O) groups is 1. The van der Waals surface area contributed by atoms with Crippen molar-refractivity contribution in [1.29, 1.82) is 0 Å². The van der Waals surface area contributed by atoms with Crippen LogP contribution in [0.15, 0.2) is 36.7 Å². The monoisotopic (exact) mass is 489 g/mol. The number of pyridine rings is 2. The van der Waals surface area contributed by atoms with Gasteiger partial charge in [0.2, 0.25) is 0 Å². The average Bonchev–Trinajstić information content (AvgIpc) is 3.24. The predicted molar refractivity (Wildman–Crippen MR) is 120 cm³/mol. The molecule has 3 aromatic heterocycles. The van der Waals surface area contributed by atoms with E-state index in [-0.39, 0.29) is 17.5 Å². The van der Waals surface area contributed by atoms with Crippen LogP contribution in [0, 0.1) is 5.41 Å². The maximum Gasteiger partial charge on any atom is 0.433 e. The summed E-state index contributed by atoms with van der Waals surface area (Å²) in [5.74, 6) is 0.247. The number of halogens is 3. The smallest absolute Gasteiger partial charge is 0.433 e. The Labute approximate surface area is 200 Å². The summed E-state index contributed by atoms with van der Waals surface area (Å²) in [5.41, 5.74) is 0.731. The first-order chi connectivity index (χ1) is 16.7. The quantitative estimate of drug-likeness (QED) is 0.456. The average molecular weight is 489 g/mol. The van der Waals surface area contributed by atoms with Gasteiger partial charge in [-0.2, -0.15) is 13.2 Å². The molecule has 0 N–H and O–H groups in total. The van der Waals surface area contributed by atoms with Gasteiger partial charge in [-0.05, 0) is 25.0 Å². The van der Waals surface area contributed by atoms with Crippen molar-refractivity contribution >= 4 is 11.4 Å². The minimum absolute atomic E-state index is 0.126. The zero-order chi connectivity index (χ0) is 24.6. The molecular weight excluding hydrogens is 463 g/mol. The van der Waals surface area contributed by atoms with Gasteiger partial charge < -0.3 is 18.6 Å². The topological polar surface area (TPSA) is 75.0 Å².